The summed E-state index contributed by atoms with van der Waals surface area (Å²) in [4.78, 5) is 13.3. The van der Waals surface area contributed by atoms with Gasteiger partial charge < -0.3 is 29.2 Å². The lowest BCUT2D eigenvalue weighted by Crippen LogP contribution is -2.80. The van der Waals surface area contributed by atoms with Crippen LogP contribution in [0, 0.1) is 22.7 Å². The number of cyclic esters (lactones) is 1. The van der Waals surface area contributed by atoms with Gasteiger partial charge in [0.15, 0.2) is 0 Å². The van der Waals surface area contributed by atoms with E-state index in [-0.39, 0.29) is 30.8 Å². The maximum absolute atomic E-state index is 13.3. The van der Waals surface area contributed by atoms with E-state index in [1.165, 1.54) is 0 Å². The van der Waals surface area contributed by atoms with Crippen molar-refractivity contribution in [3.8, 4) is 0 Å². The fourth-order valence-corrected chi connectivity index (χ4v) is 6.72. The standard InChI is InChI=1S/C20H26O7/c1-11-4-16(23)20-10-26-18(20,9-21)6-13(22)5-15(20)19(11)7-14(27-17(19)24)12-2-3-25-8-12/h2-3,8,11,13-16,21-23H,4-7,9-10H2,1H3/t11-,13+,14+,15+,16-,18+,19-,20+/m1/s1. The van der Waals surface area contributed by atoms with Crippen LogP contribution in [-0.2, 0) is 14.3 Å². The normalized spacial score (nSPS) is 51.4. The zero-order chi connectivity index (χ0) is 19.0. The number of hydrogen-bond acceptors (Lipinski definition) is 7. The van der Waals surface area contributed by atoms with E-state index in [0.717, 1.165) is 5.56 Å². The van der Waals surface area contributed by atoms with Crippen LogP contribution < -0.4 is 0 Å². The number of aliphatic hydroxyl groups excluding tert-OH is 3. The molecule has 0 unspecified atom stereocenters. The zero-order valence-corrected chi connectivity index (χ0v) is 15.3. The number of carbonyl (C=O) groups is 1. The highest BCUT2D eigenvalue weighted by Crippen LogP contribution is 2.71. The van der Waals surface area contributed by atoms with Gasteiger partial charge in [-0.2, -0.15) is 0 Å². The topological polar surface area (TPSA) is 109 Å². The Morgan fingerprint density at radius 3 is 2.70 bits per heavy atom. The molecular formula is C20H26O7. The van der Waals surface area contributed by atoms with Gasteiger partial charge in [0.2, 0.25) is 0 Å². The Hall–Kier alpha value is -1.41. The first kappa shape index (κ1) is 17.7. The molecule has 0 radical (unpaired) electrons. The van der Waals surface area contributed by atoms with Crippen LogP contribution in [0.2, 0.25) is 0 Å². The van der Waals surface area contributed by atoms with Crippen LogP contribution in [0.5, 0.6) is 0 Å². The van der Waals surface area contributed by atoms with Crippen molar-refractivity contribution in [1.82, 2.24) is 0 Å². The van der Waals surface area contributed by atoms with Gasteiger partial charge >= 0.3 is 5.97 Å². The van der Waals surface area contributed by atoms with Gasteiger partial charge in [-0.25, -0.2) is 0 Å². The van der Waals surface area contributed by atoms with Gasteiger partial charge in [-0.1, -0.05) is 6.92 Å². The number of fused-ring (bicyclic) bond motifs is 1. The molecule has 3 N–H and O–H groups in total. The highest BCUT2D eigenvalue weighted by atomic mass is 16.6. The molecule has 2 saturated heterocycles. The molecule has 1 aromatic rings. The van der Waals surface area contributed by atoms with Crippen LogP contribution in [0.15, 0.2) is 23.0 Å². The summed E-state index contributed by atoms with van der Waals surface area (Å²) in [6, 6.07) is 1.80. The number of carbonyl (C=O) groups excluding carboxylic acids is 1. The van der Waals surface area contributed by atoms with Crippen LogP contribution in [0.4, 0.5) is 0 Å². The van der Waals surface area contributed by atoms with Gasteiger partial charge in [0.1, 0.15) is 11.7 Å². The monoisotopic (exact) mass is 378 g/mol. The van der Waals surface area contributed by atoms with E-state index in [1.54, 1.807) is 18.6 Å². The third-order valence-corrected chi connectivity index (χ3v) is 8.13. The number of furan rings is 1. The minimum Gasteiger partial charge on any atom is -0.472 e. The average molecular weight is 378 g/mol. The van der Waals surface area contributed by atoms with E-state index in [1.807, 2.05) is 6.92 Å². The minimum absolute atomic E-state index is 0.102. The Balaban J connectivity index is 1.61. The Kier molecular flexibility index (Phi) is 3.64. The molecule has 1 aromatic heterocycles. The molecule has 0 bridgehead atoms. The van der Waals surface area contributed by atoms with Crippen LogP contribution in [0.1, 0.15) is 44.3 Å². The van der Waals surface area contributed by atoms with Crippen molar-refractivity contribution in [2.45, 2.75) is 56.5 Å². The van der Waals surface area contributed by atoms with Gasteiger partial charge in [-0.15, -0.1) is 0 Å². The van der Waals surface area contributed by atoms with E-state index in [2.05, 4.69) is 0 Å². The summed E-state index contributed by atoms with van der Waals surface area (Å²) in [6.07, 6.45) is 3.00. The molecule has 4 fully saturated rings. The summed E-state index contributed by atoms with van der Waals surface area (Å²) < 4.78 is 16.8. The lowest BCUT2D eigenvalue weighted by molar-refractivity contribution is -0.382. The third kappa shape index (κ3) is 1.93. The maximum Gasteiger partial charge on any atom is 0.313 e. The van der Waals surface area contributed by atoms with Gasteiger partial charge in [0, 0.05) is 18.4 Å². The van der Waals surface area contributed by atoms with Crippen molar-refractivity contribution in [3.63, 3.8) is 0 Å². The first-order valence-electron chi connectivity index (χ1n) is 9.74. The largest absolute Gasteiger partial charge is 0.472 e. The highest BCUT2D eigenvalue weighted by molar-refractivity contribution is 5.81. The molecule has 8 atom stereocenters. The SMILES string of the molecule is C[C@@H]1C[C@@H](O)[C@@]23CO[C@]2(CO)C[C@@H](O)C[C@H]3[C@@]12C[C@@H](c1ccoc1)OC2=O. The second-order valence-electron chi connectivity index (χ2n) is 8.98. The predicted octanol–water partition coefficient (Wildman–Crippen LogP) is 1.17. The average Bonchev–Trinajstić information content (AvgIpc) is 3.24. The molecule has 2 spiro atoms. The maximum atomic E-state index is 13.3. The molecule has 4 aliphatic rings. The van der Waals surface area contributed by atoms with Crippen LogP contribution in [0.25, 0.3) is 0 Å². The molecular weight excluding hydrogens is 352 g/mol. The van der Waals surface area contributed by atoms with Crippen molar-refractivity contribution in [3.05, 3.63) is 24.2 Å². The van der Waals surface area contributed by atoms with Crippen LogP contribution in [0.3, 0.4) is 0 Å². The fourth-order valence-electron chi connectivity index (χ4n) is 6.72. The van der Waals surface area contributed by atoms with E-state index in [0.29, 0.717) is 25.9 Å². The smallest absolute Gasteiger partial charge is 0.313 e. The van der Waals surface area contributed by atoms with Gasteiger partial charge in [0.05, 0.1) is 48.8 Å². The molecule has 0 amide bonds. The lowest BCUT2D eigenvalue weighted by atomic mass is 9.39. The molecule has 148 valence electrons. The third-order valence-electron chi connectivity index (χ3n) is 8.13. The summed E-state index contributed by atoms with van der Waals surface area (Å²) in [5, 5.41) is 31.8. The Morgan fingerprint density at radius 1 is 1.26 bits per heavy atom. The molecule has 2 aliphatic carbocycles. The van der Waals surface area contributed by atoms with Crippen molar-refractivity contribution in [1.29, 1.82) is 0 Å². The molecule has 27 heavy (non-hydrogen) atoms. The highest BCUT2D eigenvalue weighted by Gasteiger charge is 2.78. The summed E-state index contributed by atoms with van der Waals surface area (Å²) in [6.45, 7) is 2.00. The van der Waals surface area contributed by atoms with Crippen molar-refractivity contribution < 1.29 is 34.0 Å². The van der Waals surface area contributed by atoms with E-state index in [9.17, 15) is 20.1 Å². The molecule has 3 heterocycles. The van der Waals surface area contributed by atoms with Crippen LogP contribution >= 0.6 is 0 Å². The lowest BCUT2D eigenvalue weighted by Gasteiger charge is -2.71. The molecule has 7 nitrogen and oxygen atoms in total. The fraction of sp³-hybridized carbons (Fsp3) is 0.750. The van der Waals surface area contributed by atoms with Crippen molar-refractivity contribution >= 4 is 5.97 Å². The van der Waals surface area contributed by atoms with Gasteiger partial charge in [-0.05, 0) is 30.7 Å². The van der Waals surface area contributed by atoms with Gasteiger partial charge in [0.25, 0.3) is 0 Å². The van der Waals surface area contributed by atoms with E-state index >= 15 is 0 Å². The first-order valence-corrected chi connectivity index (χ1v) is 9.74. The van der Waals surface area contributed by atoms with Crippen LogP contribution in [-0.4, -0.2) is 52.3 Å². The Bertz CT molecular complexity index is 744. The molecule has 2 aliphatic heterocycles. The van der Waals surface area contributed by atoms with Crippen molar-refractivity contribution in [2.75, 3.05) is 13.2 Å². The summed E-state index contributed by atoms with van der Waals surface area (Å²) in [7, 11) is 0. The molecule has 2 saturated carbocycles. The molecule has 0 aromatic carbocycles. The number of rotatable bonds is 2. The second kappa shape index (κ2) is 5.56. The Labute approximate surface area is 157 Å². The first-order chi connectivity index (χ1) is 12.9. The number of ether oxygens (including phenoxy) is 2. The van der Waals surface area contributed by atoms with Gasteiger partial charge in [-0.3, -0.25) is 4.79 Å². The number of hydrogen-bond donors (Lipinski definition) is 3. The summed E-state index contributed by atoms with van der Waals surface area (Å²) in [5.74, 6) is -0.682. The van der Waals surface area contributed by atoms with E-state index in [4.69, 9.17) is 13.9 Å². The number of esters is 1. The number of aliphatic hydroxyl groups is 3. The summed E-state index contributed by atoms with van der Waals surface area (Å²) in [5.41, 5.74) is -1.71. The summed E-state index contributed by atoms with van der Waals surface area (Å²) >= 11 is 0. The van der Waals surface area contributed by atoms with E-state index < -0.39 is 34.7 Å². The quantitative estimate of drug-likeness (QED) is 0.663. The zero-order valence-electron chi connectivity index (χ0n) is 15.3. The minimum atomic E-state index is -0.990. The molecule has 5 rings (SSSR count). The van der Waals surface area contributed by atoms with Crippen molar-refractivity contribution in [2.24, 2.45) is 22.7 Å². The molecule has 7 heteroatoms. The Morgan fingerprint density at radius 2 is 2.07 bits per heavy atom. The predicted molar refractivity (Wildman–Crippen MR) is 91.3 cm³/mol. The second-order valence-corrected chi connectivity index (χ2v) is 8.98.